The summed E-state index contributed by atoms with van der Waals surface area (Å²) in [5.41, 5.74) is 2.29. The Balaban J connectivity index is 2.16. The second kappa shape index (κ2) is 2.75. The number of aliphatic hydroxyl groups is 1. The molecular formula is C15H24O. The summed E-state index contributed by atoms with van der Waals surface area (Å²) in [6, 6.07) is 0. The number of hydrogen-bond acceptors (Lipinski definition) is 1. The molecule has 0 amide bonds. The van der Waals surface area contributed by atoms with Crippen molar-refractivity contribution in [3.05, 3.63) is 12.2 Å². The molecule has 3 fully saturated rings. The first kappa shape index (κ1) is 10.8. The zero-order chi connectivity index (χ0) is 11.8. The first-order valence-corrected chi connectivity index (χ1v) is 6.71. The molecule has 0 aromatic heterocycles. The highest BCUT2D eigenvalue weighted by atomic mass is 16.3. The Kier molecular flexibility index (Phi) is 1.86. The van der Waals surface area contributed by atoms with E-state index in [1.54, 1.807) is 0 Å². The van der Waals surface area contributed by atoms with Crippen molar-refractivity contribution in [2.75, 3.05) is 0 Å². The Labute approximate surface area is 98.9 Å². The van der Waals surface area contributed by atoms with Crippen molar-refractivity contribution < 1.29 is 5.11 Å². The topological polar surface area (TPSA) is 20.2 Å². The van der Waals surface area contributed by atoms with Crippen molar-refractivity contribution in [2.24, 2.45) is 22.2 Å². The minimum absolute atomic E-state index is 0.247. The van der Waals surface area contributed by atoms with Gasteiger partial charge in [-0.3, -0.25) is 0 Å². The van der Waals surface area contributed by atoms with Crippen LogP contribution in [0.25, 0.3) is 0 Å². The smallest absolute Gasteiger partial charge is 0.0755 e. The van der Waals surface area contributed by atoms with Crippen LogP contribution in [0.3, 0.4) is 0 Å². The van der Waals surface area contributed by atoms with E-state index < -0.39 is 0 Å². The number of aliphatic hydroxyl groups excluding tert-OH is 1. The van der Waals surface area contributed by atoms with Crippen LogP contribution in [0.4, 0.5) is 0 Å². The molecule has 0 spiro atoms. The normalized spacial score (nSPS) is 60.1. The van der Waals surface area contributed by atoms with Crippen LogP contribution in [0, 0.1) is 22.2 Å². The number of rotatable bonds is 0. The quantitative estimate of drug-likeness (QED) is 0.619. The summed E-state index contributed by atoms with van der Waals surface area (Å²) in [4.78, 5) is 0. The highest BCUT2D eigenvalue weighted by Gasteiger charge is 2.69. The van der Waals surface area contributed by atoms with Crippen LogP contribution in [0.1, 0.15) is 52.9 Å². The van der Waals surface area contributed by atoms with Gasteiger partial charge in [0.1, 0.15) is 0 Å². The van der Waals surface area contributed by atoms with Gasteiger partial charge in [-0.15, -0.1) is 0 Å². The second-order valence-corrected chi connectivity index (χ2v) is 7.22. The second-order valence-electron chi connectivity index (χ2n) is 7.22. The maximum absolute atomic E-state index is 10.2. The van der Waals surface area contributed by atoms with Gasteiger partial charge in [0.05, 0.1) is 6.10 Å². The first-order chi connectivity index (χ1) is 7.34. The lowest BCUT2D eigenvalue weighted by Crippen LogP contribution is -2.39. The molecule has 0 aromatic carbocycles. The fraction of sp³-hybridized carbons (Fsp3) is 0.867. The zero-order valence-electron chi connectivity index (χ0n) is 10.8. The van der Waals surface area contributed by atoms with E-state index in [1.807, 2.05) is 0 Å². The Morgan fingerprint density at radius 2 is 1.88 bits per heavy atom. The van der Waals surface area contributed by atoms with E-state index in [-0.39, 0.29) is 6.10 Å². The number of hydrogen-bond donors (Lipinski definition) is 1. The minimum atomic E-state index is -0.247. The van der Waals surface area contributed by atoms with E-state index in [9.17, 15) is 5.11 Å². The van der Waals surface area contributed by atoms with Crippen LogP contribution in [0.15, 0.2) is 12.2 Å². The highest BCUT2D eigenvalue weighted by Crippen LogP contribution is 2.76. The molecule has 5 atom stereocenters. The van der Waals surface area contributed by atoms with E-state index in [2.05, 4.69) is 27.4 Å². The highest BCUT2D eigenvalue weighted by molar-refractivity contribution is 5.29. The molecule has 3 aliphatic carbocycles. The average Bonchev–Trinajstić information content (AvgIpc) is 2.57. The lowest BCUT2D eigenvalue weighted by atomic mass is 9.59. The molecule has 2 bridgehead atoms. The van der Waals surface area contributed by atoms with Crippen molar-refractivity contribution >= 4 is 0 Å². The molecule has 3 aliphatic rings. The molecular weight excluding hydrogens is 196 g/mol. The lowest BCUT2D eigenvalue weighted by Gasteiger charge is -2.45. The van der Waals surface area contributed by atoms with Gasteiger partial charge < -0.3 is 5.11 Å². The predicted octanol–water partition coefficient (Wildman–Crippen LogP) is 3.53. The van der Waals surface area contributed by atoms with Gasteiger partial charge in [-0.2, -0.15) is 0 Å². The third-order valence-corrected chi connectivity index (χ3v) is 6.91. The van der Waals surface area contributed by atoms with Gasteiger partial charge in [-0.05, 0) is 53.4 Å². The molecule has 3 saturated carbocycles. The molecule has 1 nitrogen and oxygen atoms in total. The predicted molar refractivity (Wildman–Crippen MR) is 66.0 cm³/mol. The van der Waals surface area contributed by atoms with Gasteiger partial charge in [-0.25, -0.2) is 0 Å². The Morgan fingerprint density at radius 1 is 1.19 bits per heavy atom. The summed E-state index contributed by atoms with van der Waals surface area (Å²) in [6.07, 6.45) is 5.99. The van der Waals surface area contributed by atoms with Crippen LogP contribution in [0.2, 0.25) is 0 Å². The SMILES string of the molecule is C=C1[C@H](O)C[C@]2(C)C[C@H]1[C@]1(C)CCC[C@]21C. The van der Waals surface area contributed by atoms with E-state index >= 15 is 0 Å². The van der Waals surface area contributed by atoms with Crippen molar-refractivity contribution in [3.63, 3.8) is 0 Å². The molecule has 3 rings (SSSR count). The lowest BCUT2D eigenvalue weighted by molar-refractivity contribution is 0.0119. The van der Waals surface area contributed by atoms with Gasteiger partial charge >= 0.3 is 0 Å². The average molecular weight is 220 g/mol. The van der Waals surface area contributed by atoms with Crippen molar-refractivity contribution in [1.29, 1.82) is 0 Å². The molecule has 0 heterocycles. The fourth-order valence-corrected chi connectivity index (χ4v) is 5.46. The van der Waals surface area contributed by atoms with Crippen LogP contribution in [-0.2, 0) is 0 Å². The van der Waals surface area contributed by atoms with Crippen LogP contribution in [-0.4, -0.2) is 11.2 Å². The summed E-state index contributed by atoms with van der Waals surface area (Å²) in [7, 11) is 0. The summed E-state index contributed by atoms with van der Waals surface area (Å²) in [6.45, 7) is 11.5. The molecule has 0 unspecified atom stereocenters. The molecule has 90 valence electrons. The van der Waals surface area contributed by atoms with Crippen molar-refractivity contribution in [1.82, 2.24) is 0 Å². The standard InChI is InChI=1S/C15H24O/c1-10-11-8-13(2,9-12(10)16)15(4)7-5-6-14(11,15)3/h11-12,16H,1,5-9H2,2-4H3/t11-,12-,13+,14+,15-/m1/s1. The summed E-state index contributed by atoms with van der Waals surface area (Å²) < 4.78 is 0. The Hall–Kier alpha value is -0.300. The van der Waals surface area contributed by atoms with Gasteiger partial charge in [0.15, 0.2) is 0 Å². The minimum Gasteiger partial charge on any atom is -0.389 e. The molecule has 1 N–H and O–H groups in total. The monoisotopic (exact) mass is 220 g/mol. The first-order valence-electron chi connectivity index (χ1n) is 6.71. The Morgan fingerprint density at radius 3 is 2.56 bits per heavy atom. The Bertz CT molecular complexity index is 360. The van der Waals surface area contributed by atoms with Gasteiger partial charge in [-0.1, -0.05) is 33.8 Å². The third-order valence-electron chi connectivity index (χ3n) is 6.91. The van der Waals surface area contributed by atoms with E-state index in [4.69, 9.17) is 0 Å². The fourth-order valence-electron chi connectivity index (χ4n) is 5.46. The van der Waals surface area contributed by atoms with Crippen molar-refractivity contribution in [3.8, 4) is 0 Å². The van der Waals surface area contributed by atoms with Crippen LogP contribution >= 0.6 is 0 Å². The van der Waals surface area contributed by atoms with Gasteiger partial charge in [0.2, 0.25) is 0 Å². The van der Waals surface area contributed by atoms with E-state index in [1.165, 1.54) is 25.7 Å². The summed E-state index contributed by atoms with van der Waals surface area (Å²) in [5, 5.41) is 10.2. The molecule has 1 heteroatoms. The van der Waals surface area contributed by atoms with E-state index in [0.717, 1.165) is 12.0 Å². The number of fused-ring (bicyclic) bond motifs is 5. The van der Waals surface area contributed by atoms with Crippen LogP contribution < -0.4 is 0 Å². The summed E-state index contributed by atoms with van der Waals surface area (Å²) >= 11 is 0. The van der Waals surface area contributed by atoms with E-state index in [0.29, 0.717) is 22.2 Å². The molecule has 0 aliphatic heterocycles. The van der Waals surface area contributed by atoms with Gasteiger partial charge in [0, 0.05) is 0 Å². The van der Waals surface area contributed by atoms with Crippen molar-refractivity contribution in [2.45, 2.75) is 59.0 Å². The molecule has 0 saturated heterocycles. The van der Waals surface area contributed by atoms with Crippen LogP contribution in [0.5, 0.6) is 0 Å². The maximum Gasteiger partial charge on any atom is 0.0755 e. The largest absolute Gasteiger partial charge is 0.389 e. The third kappa shape index (κ3) is 0.895. The molecule has 16 heavy (non-hydrogen) atoms. The van der Waals surface area contributed by atoms with Gasteiger partial charge in [0.25, 0.3) is 0 Å². The molecule has 0 radical (unpaired) electrons. The summed E-state index contributed by atoms with van der Waals surface area (Å²) in [5.74, 6) is 0.564. The maximum atomic E-state index is 10.2. The zero-order valence-corrected chi connectivity index (χ0v) is 10.8. The molecule has 0 aromatic rings.